The molecule has 0 aromatic carbocycles. The van der Waals surface area contributed by atoms with Crippen LogP contribution in [-0.4, -0.2) is 9.61 Å². The van der Waals surface area contributed by atoms with E-state index in [0.29, 0.717) is 11.1 Å². The highest BCUT2D eigenvalue weighted by atomic mass is 19.1. The van der Waals surface area contributed by atoms with E-state index in [2.05, 4.69) is 5.10 Å². The average Bonchev–Trinajstić information content (AvgIpc) is 2.48. The van der Waals surface area contributed by atoms with Crippen molar-refractivity contribution in [3.8, 4) is 0 Å². The van der Waals surface area contributed by atoms with E-state index in [9.17, 15) is 4.39 Å². The van der Waals surface area contributed by atoms with Crippen LogP contribution in [0.15, 0.2) is 12.3 Å². The predicted octanol–water partition coefficient (Wildman–Crippen LogP) is 2.65. The number of halogens is 1. The van der Waals surface area contributed by atoms with E-state index in [1.54, 1.807) is 23.7 Å². The van der Waals surface area contributed by atoms with Gasteiger partial charge in [-0.3, -0.25) is 0 Å². The number of hydrogen-bond donors (Lipinski definition) is 0. The first-order chi connectivity index (χ1) is 6.65. The first kappa shape index (κ1) is 9.19. The molecule has 0 bridgehead atoms. The van der Waals surface area contributed by atoms with E-state index in [4.69, 9.17) is 0 Å². The summed E-state index contributed by atoms with van der Waals surface area (Å²) in [5, 5.41) is 4.26. The van der Waals surface area contributed by atoms with E-state index in [-0.39, 0.29) is 5.82 Å². The predicted molar refractivity (Wildman–Crippen MR) is 54.0 cm³/mol. The molecule has 2 rings (SSSR count). The monoisotopic (exact) mass is 192 g/mol. The maximum Gasteiger partial charge on any atom is 0.152 e. The van der Waals surface area contributed by atoms with E-state index in [1.807, 2.05) is 13.8 Å². The fourth-order valence-corrected chi connectivity index (χ4v) is 1.79. The summed E-state index contributed by atoms with van der Waals surface area (Å²) in [6.07, 6.45) is 2.62. The lowest BCUT2D eigenvalue weighted by Gasteiger charge is -2.00. The second-order valence-corrected chi connectivity index (χ2v) is 3.52. The zero-order valence-corrected chi connectivity index (χ0v) is 8.63. The molecule has 2 heterocycles. The summed E-state index contributed by atoms with van der Waals surface area (Å²) in [4.78, 5) is 0. The molecule has 0 N–H and O–H groups in total. The van der Waals surface area contributed by atoms with Crippen molar-refractivity contribution in [2.45, 2.75) is 27.2 Å². The van der Waals surface area contributed by atoms with E-state index < -0.39 is 0 Å². The van der Waals surface area contributed by atoms with Gasteiger partial charge in [0.1, 0.15) is 5.52 Å². The van der Waals surface area contributed by atoms with Crippen molar-refractivity contribution in [2.75, 3.05) is 0 Å². The van der Waals surface area contributed by atoms with Crippen molar-refractivity contribution in [3.63, 3.8) is 0 Å². The van der Waals surface area contributed by atoms with Gasteiger partial charge in [0, 0.05) is 11.8 Å². The second kappa shape index (κ2) is 3.08. The Hall–Kier alpha value is -1.38. The van der Waals surface area contributed by atoms with E-state index >= 15 is 0 Å². The summed E-state index contributed by atoms with van der Waals surface area (Å²) < 4.78 is 15.4. The summed E-state index contributed by atoms with van der Waals surface area (Å²) in [5.41, 5.74) is 3.22. The largest absolute Gasteiger partial charge is 0.237 e. The van der Waals surface area contributed by atoms with Crippen molar-refractivity contribution < 1.29 is 4.39 Å². The van der Waals surface area contributed by atoms with Crippen LogP contribution in [0, 0.1) is 19.7 Å². The van der Waals surface area contributed by atoms with Gasteiger partial charge >= 0.3 is 0 Å². The van der Waals surface area contributed by atoms with Gasteiger partial charge in [0.05, 0.1) is 5.69 Å². The molecule has 0 saturated carbocycles. The molecule has 0 saturated heterocycles. The lowest BCUT2D eigenvalue weighted by atomic mass is 10.1. The summed E-state index contributed by atoms with van der Waals surface area (Å²) in [6, 6.07) is 1.74. The van der Waals surface area contributed by atoms with Gasteiger partial charge in [0.25, 0.3) is 0 Å². The SMILES string of the molecule is CCc1c(C)nn2ccc(C)c(F)c12. The minimum Gasteiger partial charge on any atom is -0.237 e. The fourth-order valence-electron chi connectivity index (χ4n) is 1.79. The first-order valence-electron chi connectivity index (χ1n) is 4.78. The smallest absolute Gasteiger partial charge is 0.152 e. The minimum atomic E-state index is -0.148. The Kier molecular flexibility index (Phi) is 2.02. The van der Waals surface area contributed by atoms with Crippen LogP contribution in [0.3, 0.4) is 0 Å². The molecule has 74 valence electrons. The molecule has 0 amide bonds. The highest BCUT2D eigenvalue weighted by Gasteiger charge is 2.12. The van der Waals surface area contributed by atoms with Gasteiger partial charge in [0.15, 0.2) is 5.82 Å². The lowest BCUT2D eigenvalue weighted by Crippen LogP contribution is -1.93. The van der Waals surface area contributed by atoms with Gasteiger partial charge in [-0.05, 0) is 31.9 Å². The van der Waals surface area contributed by atoms with Crippen molar-refractivity contribution in [3.05, 3.63) is 34.9 Å². The van der Waals surface area contributed by atoms with Crippen LogP contribution in [0.1, 0.15) is 23.7 Å². The third-order valence-corrected chi connectivity index (χ3v) is 2.58. The molecular weight excluding hydrogens is 179 g/mol. The Bertz CT molecular complexity index is 485. The minimum absolute atomic E-state index is 0.148. The highest BCUT2D eigenvalue weighted by molar-refractivity contribution is 5.59. The molecule has 0 radical (unpaired) electrons. The highest BCUT2D eigenvalue weighted by Crippen LogP contribution is 2.20. The van der Waals surface area contributed by atoms with E-state index in [0.717, 1.165) is 17.7 Å². The fraction of sp³-hybridized carbons (Fsp3) is 0.364. The van der Waals surface area contributed by atoms with Crippen molar-refractivity contribution in [2.24, 2.45) is 0 Å². The van der Waals surface area contributed by atoms with Gasteiger partial charge in [0.2, 0.25) is 0 Å². The summed E-state index contributed by atoms with van der Waals surface area (Å²) >= 11 is 0. The Labute approximate surface area is 82.4 Å². The molecule has 0 atom stereocenters. The number of aromatic nitrogens is 2. The zero-order valence-electron chi connectivity index (χ0n) is 8.63. The molecule has 2 nitrogen and oxygen atoms in total. The molecular formula is C11H13FN2. The van der Waals surface area contributed by atoms with Gasteiger partial charge < -0.3 is 0 Å². The van der Waals surface area contributed by atoms with Crippen LogP contribution in [0.2, 0.25) is 0 Å². The van der Waals surface area contributed by atoms with Gasteiger partial charge in [-0.1, -0.05) is 6.92 Å². The molecule has 2 aromatic rings. The summed E-state index contributed by atoms with van der Waals surface area (Å²) in [7, 11) is 0. The molecule has 0 unspecified atom stereocenters. The molecule has 3 heteroatoms. The number of aryl methyl sites for hydroxylation is 3. The van der Waals surface area contributed by atoms with E-state index in [1.165, 1.54) is 0 Å². The van der Waals surface area contributed by atoms with Gasteiger partial charge in [-0.15, -0.1) is 0 Å². The quantitative estimate of drug-likeness (QED) is 0.679. The van der Waals surface area contributed by atoms with Crippen molar-refractivity contribution >= 4 is 5.52 Å². The summed E-state index contributed by atoms with van der Waals surface area (Å²) in [6.45, 7) is 5.71. The Morgan fingerprint density at radius 1 is 1.43 bits per heavy atom. The maximum absolute atomic E-state index is 13.8. The van der Waals surface area contributed by atoms with Crippen LogP contribution in [-0.2, 0) is 6.42 Å². The number of fused-ring (bicyclic) bond motifs is 1. The molecule has 14 heavy (non-hydrogen) atoms. The standard InChI is InChI=1S/C11H13FN2/c1-4-9-8(3)13-14-6-5-7(2)10(12)11(9)14/h5-6H,4H2,1-3H3. The average molecular weight is 192 g/mol. The number of pyridine rings is 1. The maximum atomic E-state index is 13.8. The molecule has 2 aromatic heterocycles. The lowest BCUT2D eigenvalue weighted by molar-refractivity contribution is 0.620. The number of rotatable bonds is 1. The molecule has 0 spiro atoms. The normalized spacial score (nSPS) is 11.1. The van der Waals surface area contributed by atoms with Crippen LogP contribution in [0.4, 0.5) is 4.39 Å². The van der Waals surface area contributed by atoms with Crippen LogP contribution >= 0.6 is 0 Å². The van der Waals surface area contributed by atoms with Crippen LogP contribution < -0.4 is 0 Å². The second-order valence-electron chi connectivity index (χ2n) is 3.52. The Morgan fingerprint density at radius 3 is 2.79 bits per heavy atom. The Morgan fingerprint density at radius 2 is 2.14 bits per heavy atom. The van der Waals surface area contributed by atoms with Crippen LogP contribution in [0.5, 0.6) is 0 Å². The van der Waals surface area contributed by atoms with Crippen molar-refractivity contribution in [1.29, 1.82) is 0 Å². The van der Waals surface area contributed by atoms with Crippen LogP contribution in [0.25, 0.3) is 5.52 Å². The molecule has 0 aliphatic heterocycles. The Balaban J connectivity index is 2.90. The first-order valence-corrected chi connectivity index (χ1v) is 4.78. The molecule has 0 aliphatic rings. The zero-order chi connectivity index (χ0) is 10.3. The van der Waals surface area contributed by atoms with Crippen molar-refractivity contribution in [1.82, 2.24) is 9.61 Å². The molecule has 0 aliphatic carbocycles. The molecule has 0 fully saturated rings. The van der Waals surface area contributed by atoms with Gasteiger partial charge in [-0.25, -0.2) is 8.91 Å². The third kappa shape index (κ3) is 1.12. The topological polar surface area (TPSA) is 17.3 Å². The number of hydrogen-bond acceptors (Lipinski definition) is 1. The summed E-state index contributed by atoms with van der Waals surface area (Å²) in [5.74, 6) is -0.148. The third-order valence-electron chi connectivity index (χ3n) is 2.58. The van der Waals surface area contributed by atoms with Gasteiger partial charge in [-0.2, -0.15) is 5.10 Å². The number of nitrogens with zero attached hydrogens (tertiary/aromatic N) is 2.